The third kappa shape index (κ3) is 2.84. The predicted molar refractivity (Wildman–Crippen MR) is 67.9 cm³/mol. The van der Waals surface area contributed by atoms with Crippen LogP contribution in [0.1, 0.15) is 27.3 Å². The summed E-state index contributed by atoms with van der Waals surface area (Å²) in [5.41, 5.74) is 0.736. The predicted octanol–water partition coefficient (Wildman–Crippen LogP) is 2.53. The van der Waals surface area contributed by atoms with Crippen molar-refractivity contribution in [1.29, 1.82) is 0 Å². The fraction of sp³-hybridized carbons (Fsp3) is 0.154. The van der Waals surface area contributed by atoms with Crippen molar-refractivity contribution in [3.05, 3.63) is 52.8 Å². The molecule has 0 spiro atoms. The minimum absolute atomic E-state index is 0.197. The summed E-state index contributed by atoms with van der Waals surface area (Å²) in [7, 11) is 1.72. The fourth-order valence-corrected chi connectivity index (χ4v) is 1.75. The molecule has 1 aromatic heterocycles. The van der Waals surface area contributed by atoms with Crippen LogP contribution >= 0.6 is 11.6 Å². The van der Waals surface area contributed by atoms with Gasteiger partial charge in [0.1, 0.15) is 5.69 Å². The highest BCUT2D eigenvalue weighted by Gasteiger charge is 2.15. The molecule has 0 saturated carbocycles. The van der Waals surface area contributed by atoms with Crippen molar-refractivity contribution in [2.24, 2.45) is 7.05 Å². The van der Waals surface area contributed by atoms with Crippen LogP contribution in [0.15, 0.2) is 36.5 Å². The van der Waals surface area contributed by atoms with E-state index in [1.807, 2.05) is 0 Å². The summed E-state index contributed by atoms with van der Waals surface area (Å²) < 4.78 is 1.52. The molecule has 2 rings (SSSR count). The molecule has 92 valence electrons. The second kappa shape index (κ2) is 5.14. The Morgan fingerprint density at radius 3 is 2.67 bits per heavy atom. The van der Waals surface area contributed by atoms with E-state index in [9.17, 15) is 9.59 Å². The smallest absolute Gasteiger partial charge is 0.190 e. The number of hydrogen-bond acceptors (Lipinski definition) is 3. The summed E-state index contributed by atoms with van der Waals surface area (Å²) in [6.07, 6.45) is 1.47. The summed E-state index contributed by atoms with van der Waals surface area (Å²) in [6.45, 7) is 0. The topological polar surface area (TPSA) is 52.0 Å². The number of rotatable bonds is 4. The van der Waals surface area contributed by atoms with Gasteiger partial charge in [-0.1, -0.05) is 23.7 Å². The van der Waals surface area contributed by atoms with Crippen molar-refractivity contribution >= 4 is 23.2 Å². The molecular weight excluding hydrogens is 252 g/mol. The Morgan fingerprint density at radius 1 is 1.28 bits per heavy atom. The van der Waals surface area contributed by atoms with Gasteiger partial charge in [-0.25, -0.2) is 0 Å². The maximum atomic E-state index is 11.9. The highest BCUT2D eigenvalue weighted by Crippen LogP contribution is 2.13. The lowest BCUT2D eigenvalue weighted by molar-refractivity contribution is 0.0891. The van der Waals surface area contributed by atoms with Crippen LogP contribution < -0.4 is 0 Å². The maximum absolute atomic E-state index is 11.9. The van der Waals surface area contributed by atoms with Gasteiger partial charge in [0.05, 0.1) is 6.42 Å². The number of hydrogen-bond donors (Lipinski definition) is 0. The molecule has 0 saturated heterocycles. The maximum Gasteiger partial charge on any atom is 0.190 e. The van der Waals surface area contributed by atoms with Crippen molar-refractivity contribution in [1.82, 2.24) is 9.78 Å². The molecule has 0 radical (unpaired) electrons. The second-order valence-electron chi connectivity index (χ2n) is 3.91. The second-order valence-corrected chi connectivity index (χ2v) is 4.34. The molecule has 0 aliphatic rings. The molecule has 0 N–H and O–H groups in total. The van der Waals surface area contributed by atoms with E-state index < -0.39 is 0 Å². The first-order valence-electron chi connectivity index (χ1n) is 5.38. The quantitative estimate of drug-likeness (QED) is 0.628. The zero-order valence-corrected chi connectivity index (χ0v) is 10.5. The van der Waals surface area contributed by atoms with Crippen LogP contribution in [0.4, 0.5) is 0 Å². The Kier molecular flexibility index (Phi) is 3.58. The van der Waals surface area contributed by atoms with E-state index in [1.54, 1.807) is 43.6 Å². The van der Waals surface area contributed by atoms with Gasteiger partial charge in [-0.15, -0.1) is 0 Å². The van der Waals surface area contributed by atoms with Crippen molar-refractivity contribution in [2.75, 3.05) is 0 Å². The molecule has 0 atom stereocenters. The van der Waals surface area contributed by atoms with Gasteiger partial charge in [0, 0.05) is 23.8 Å². The van der Waals surface area contributed by atoms with Gasteiger partial charge in [-0.05, 0) is 18.2 Å². The van der Waals surface area contributed by atoms with Gasteiger partial charge >= 0.3 is 0 Å². The average Bonchev–Trinajstić information content (AvgIpc) is 2.76. The molecule has 5 heteroatoms. The highest BCUT2D eigenvalue weighted by atomic mass is 35.5. The fourth-order valence-electron chi connectivity index (χ4n) is 1.56. The number of halogens is 1. The van der Waals surface area contributed by atoms with Gasteiger partial charge in [0.25, 0.3) is 0 Å². The van der Waals surface area contributed by atoms with Crippen LogP contribution in [0, 0.1) is 0 Å². The van der Waals surface area contributed by atoms with Crippen molar-refractivity contribution in [3.8, 4) is 0 Å². The summed E-state index contributed by atoms with van der Waals surface area (Å²) in [4.78, 5) is 23.7. The summed E-state index contributed by atoms with van der Waals surface area (Å²) in [5.74, 6) is -0.547. The molecule has 4 nitrogen and oxygen atoms in total. The molecule has 0 aliphatic carbocycles. The van der Waals surface area contributed by atoms with Gasteiger partial charge < -0.3 is 0 Å². The van der Waals surface area contributed by atoms with E-state index in [0.717, 1.165) is 0 Å². The number of aromatic nitrogens is 2. The first-order valence-corrected chi connectivity index (χ1v) is 5.75. The van der Waals surface area contributed by atoms with Crippen molar-refractivity contribution in [2.45, 2.75) is 6.42 Å². The minimum atomic E-state index is -0.291. The highest BCUT2D eigenvalue weighted by molar-refractivity contribution is 6.31. The van der Waals surface area contributed by atoms with Gasteiger partial charge in [0.15, 0.2) is 11.6 Å². The zero-order valence-electron chi connectivity index (χ0n) is 9.76. The lowest BCUT2D eigenvalue weighted by atomic mass is 10.0. The molecule has 0 aliphatic heterocycles. The Hall–Kier alpha value is -1.94. The Bertz CT molecular complexity index is 605. The van der Waals surface area contributed by atoms with Crippen molar-refractivity contribution in [3.63, 3.8) is 0 Å². The summed E-state index contributed by atoms with van der Waals surface area (Å²) in [6, 6.07) is 8.14. The Labute approximate surface area is 109 Å². The van der Waals surface area contributed by atoms with E-state index >= 15 is 0 Å². The molecule has 2 aromatic rings. The third-order valence-electron chi connectivity index (χ3n) is 2.47. The number of carbonyl (C=O) groups excluding carboxylic acids is 2. The van der Waals surface area contributed by atoms with Crippen molar-refractivity contribution < 1.29 is 9.59 Å². The van der Waals surface area contributed by atoms with Crippen LogP contribution in [-0.2, 0) is 7.05 Å². The zero-order chi connectivity index (χ0) is 13.1. The number of carbonyl (C=O) groups is 2. The molecule has 1 aromatic carbocycles. The average molecular weight is 263 g/mol. The molecule has 0 amide bonds. The van der Waals surface area contributed by atoms with Crippen LogP contribution in [0.2, 0.25) is 5.02 Å². The van der Waals surface area contributed by atoms with Crippen LogP contribution in [0.3, 0.4) is 0 Å². The van der Waals surface area contributed by atoms with E-state index in [4.69, 9.17) is 11.6 Å². The molecular formula is C13H11ClN2O2. The summed E-state index contributed by atoms with van der Waals surface area (Å²) in [5, 5.41) is 4.44. The monoisotopic (exact) mass is 262 g/mol. The van der Waals surface area contributed by atoms with E-state index in [2.05, 4.69) is 5.10 Å². The number of benzene rings is 1. The molecule has 0 unspecified atom stereocenters. The van der Waals surface area contributed by atoms with Crippen LogP contribution in [0.5, 0.6) is 0 Å². The van der Waals surface area contributed by atoms with Gasteiger partial charge in [-0.2, -0.15) is 5.10 Å². The van der Waals surface area contributed by atoms with E-state index in [0.29, 0.717) is 16.3 Å². The minimum Gasteiger partial charge on any atom is -0.294 e. The molecule has 0 fully saturated rings. The van der Waals surface area contributed by atoms with Crippen LogP contribution in [-0.4, -0.2) is 21.3 Å². The van der Waals surface area contributed by atoms with Gasteiger partial charge in [-0.3, -0.25) is 14.3 Å². The molecule has 18 heavy (non-hydrogen) atoms. The number of nitrogens with zero attached hydrogens (tertiary/aromatic N) is 2. The van der Waals surface area contributed by atoms with Crippen LogP contribution in [0.25, 0.3) is 0 Å². The van der Waals surface area contributed by atoms with E-state index in [-0.39, 0.29) is 18.0 Å². The Balaban J connectivity index is 2.10. The first kappa shape index (κ1) is 12.5. The number of aryl methyl sites for hydroxylation is 1. The number of Topliss-reactive ketones (excluding diaryl/α,β-unsaturated/α-hetero) is 2. The largest absolute Gasteiger partial charge is 0.294 e. The lowest BCUT2D eigenvalue weighted by Crippen LogP contribution is -2.09. The third-order valence-corrected chi connectivity index (χ3v) is 2.70. The number of ketones is 2. The van der Waals surface area contributed by atoms with Gasteiger partial charge in [0.2, 0.25) is 0 Å². The SMILES string of the molecule is Cn1ccc(C(=O)CC(=O)c2cccc(Cl)c2)n1. The molecule has 1 heterocycles. The summed E-state index contributed by atoms with van der Waals surface area (Å²) >= 11 is 5.79. The molecule has 0 bridgehead atoms. The van der Waals surface area contributed by atoms with E-state index in [1.165, 1.54) is 4.68 Å². The lowest BCUT2D eigenvalue weighted by Gasteiger charge is -1.99. The Morgan fingerprint density at radius 2 is 2.06 bits per heavy atom. The standard InChI is InChI=1S/C13H11ClN2O2/c1-16-6-5-11(15-16)13(18)8-12(17)9-3-2-4-10(14)7-9/h2-7H,8H2,1H3. The first-order chi connectivity index (χ1) is 8.56. The normalized spacial score (nSPS) is 10.3.